The molecule has 0 spiro atoms. The van der Waals surface area contributed by atoms with Gasteiger partial charge in [-0.3, -0.25) is 9.36 Å². The number of benzene rings is 2. The Hall–Kier alpha value is -3.85. The van der Waals surface area contributed by atoms with E-state index in [0.717, 1.165) is 25.1 Å². The van der Waals surface area contributed by atoms with E-state index < -0.39 is 12.0 Å². The van der Waals surface area contributed by atoms with E-state index in [2.05, 4.69) is 17.0 Å². The van der Waals surface area contributed by atoms with Gasteiger partial charge in [-0.2, -0.15) is 0 Å². The van der Waals surface area contributed by atoms with Gasteiger partial charge in [-0.15, -0.1) is 0 Å². The number of carbonyl (C=O) groups is 1. The second kappa shape index (κ2) is 12.1. The lowest BCUT2D eigenvalue weighted by Gasteiger charge is -2.27. The summed E-state index contributed by atoms with van der Waals surface area (Å²) in [5, 5.41) is 0. The molecule has 0 N–H and O–H groups in total. The van der Waals surface area contributed by atoms with Crippen molar-refractivity contribution in [1.82, 2.24) is 4.57 Å². The highest BCUT2D eigenvalue weighted by molar-refractivity contribution is 7.07. The number of methoxy groups -OCH3 is 2. The Morgan fingerprint density at radius 3 is 2.48 bits per heavy atom. The van der Waals surface area contributed by atoms with E-state index in [9.17, 15) is 9.59 Å². The molecule has 2 aliphatic rings. The van der Waals surface area contributed by atoms with E-state index >= 15 is 0 Å². The van der Waals surface area contributed by atoms with Gasteiger partial charge in [-0.25, -0.2) is 9.79 Å². The molecule has 2 aromatic carbocycles. The molecule has 8 nitrogen and oxygen atoms in total. The van der Waals surface area contributed by atoms with E-state index in [1.165, 1.54) is 29.9 Å². The number of esters is 1. The SMILES string of the molecule is CCCC1=C(C(=O)OCC)[C@H](c2cc(OC)ccc2OC)n2c(s/c(=C\c3ccc(N4CCCC4)cc3)c2=O)=N1. The Bertz CT molecular complexity index is 1600. The van der Waals surface area contributed by atoms with Gasteiger partial charge in [-0.05, 0) is 68.2 Å². The molecular weight excluding hydrogens is 526 g/mol. The van der Waals surface area contributed by atoms with Crippen molar-refractivity contribution >= 4 is 29.1 Å². The van der Waals surface area contributed by atoms with Crippen molar-refractivity contribution in [2.24, 2.45) is 4.99 Å². The van der Waals surface area contributed by atoms with Gasteiger partial charge in [0.15, 0.2) is 4.80 Å². The molecule has 1 fully saturated rings. The van der Waals surface area contributed by atoms with E-state index in [1.54, 1.807) is 37.8 Å². The fraction of sp³-hybridized carbons (Fsp3) is 0.387. The number of carbonyl (C=O) groups excluding carboxylic acids is 1. The van der Waals surface area contributed by atoms with E-state index in [4.69, 9.17) is 19.2 Å². The van der Waals surface area contributed by atoms with Crippen LogP contribution in [0.15, 0.2) is 63.5 Å². The number of aromatic nitrogens is 1. The van der Waals surface area contributed by atoms with Gasteiger partial charge in [0.05, 0.1) is 36.6 Å². The third-order valence-corrected chi connectivity index (χ3v) is 8.27. The Balaban J connectivity index is 1.70. The summed E-state index contributed by atoms with van der Waals surface area (Å²) in [6.07, 6.45) is 5.68. The van der Waals surface area contributed by atoms with Gasteiger partial charge < -0.3 is 19.1 Å². The average Bonchev–Trinajstić information content (AvgIpc) is 3.61. The molecular formula is C31H35N3O5S. The molecule has 0 aliphatic carbocycles. The van der Waals surface area contributed by atoms with E-state index in [0.29, 0.717) is 44.1 Å². The van der Waals surface area contributed by atoms with Gasteiger partial charge in [-0.1, -0.05) is 36.8 Å². The normalized spacial score (nSPS) is 17.1. The zero-order valence-corrected chi connectivity index (χ0v) is 24.3. The number of thiazole rings is 1. The number of anilines is 1. The first kappa shape index (κ1) is 27.7. The van der Waals surface area contributed by atoms with E-state index in [-0.39, 0.29) is 12.2 Å². The standard InChI is InChI=1S/C31H35N3O5S/c1-5-9-24-27(30(36)39-6-2)28(23-19-22(37-3)14-15-25(23)38-4)34-29(35)26(40-31(34)32-24)18-20-10-12-21(13-11-20)33-16-7-8-17-33/h10-15,18-19,28H,5-9,16-17H2,1-4H3/b26-18-/t28-/m0/s1. The maximum absolute atomic E-state index is 14.0. The summed E-state index contributed by atoms with van der Waals surface area (Å²) < 4.78 is 18.8. The van der Waals surface area contributed by atoms with Crippen LogP contribution in [0.25, 0.3) is 6.08 Å². The van der Waals surface area contributed by atoms with Crippen molar-refractivity contribution in [3.8, 4) is 11.5 Å². The fourth-order valence-corrected chi connectivity index (χ4v) is 6.40. The molecule has 40 heavy (non-hydrogen) atoms. The van der Waals surface area contributed by atoms with Gasteiger partial charge >= 0.3 is 5.97 Å². The molecule has 1 saturated heterocycles. The maximum atomic E-state index is 14.0. The number of nitrogens with zero attached hydrogens (tertiary/aromatic N) is 3. The summed E-state index contributed by atoms with van der Waals surface area (Å²) in [5.41, 5.74) is 3.52. The average molecular weight is 562 g/mol. The predicted octanol–water partition coefficient (Wildman–Crippen LogP) is 4.20. The molecule has 2 aliphatic heterocycles. The maximum Gasteiger partial charge on any atom is 0.338 e. The van der Waals surface area contributed by atoms with Crippen LogP contribution in [0.5, 0.6) is 11.5 Å². The van der Waals surface area contributed by atoms with Gasteiger partial charge in [0, 0.05) is 24.3 Å². The highest BCUT2D eigenvalue weighted by Crippen LogP contribution is 2.38. The molecule has 5 rings (SSSR count). The van der Waals surface area contributed by atoms with Crippen molar-refractivity contribution in [2.45, 2.75) is 45.6 Å². The molecule has 0 unspecified atom stereocenters. The van der Waals surface area contributed by atoms with Crippen LogP contribution in [0.3, 0.4) is 0 Å². The molecule has 0 saturated carbocycles. The van der Waals surface area contributed by atoms with E-state index in [1.807, 2.05) is 31.2 Å². The molecule has 0 amide bonds. The highest BCUT2D eigenvalue weighted by Gasteiger charge is 2.36. The molecule has 1 atom stereocenters. The number of allylic oxidation sites excluding steroid dienone is 1. The largest absolute Gasteiger partial charge is 0.497 e. The molecule has 3 heterocycles. The van der Waals surface area contributed by atoms with Crippen LogP contribution in [-0.4, -0.2) is 44.5 Å². The Morgan fingerprint density at radius 1 is 1.07 bits per heavy atom. The molecule has 1 aromatic heterocycles. The second-order valence-electron chi connectivity index (χ2n) is 9.81. The lowest BCUT2D eigenvalue weighted by atomic mass is 9.93. The predicted molar refractivity (Wildman–Crippen MR) is 157 cm³/mol. The number of hydrogen-bond acceptors (Lipinski definition) is 8. The number of ether oxygens (including phenoxy) is 3. The zero-order chi connectivity index (χ0) is 28.2. The summed E-state index contributed by atoms with van der Waals surface area (Å²) >= 11 is 1.32. The number of hydrogen-bond donors (Lipinski definition) is 0. The van der Waals surface area contributed by atoms with Crippen LogP contribution >= 0.6 is 11.3 Å². The number of fused-ring (bicyclic) bond motifs is 1. The first-order valence-electron chi connectivity index (χ1n) is 13.8. The van der Waals surface area contributed by atoms with Crippen LogP contribution in [0.2, 0.25) is 0 Å². The summed E-state index contributed by atoms with van der Waals surface area (Å²) in [6.45, 7) is 6.17. The summed E-state index contributed by atoms with van der Waals surface area (Å²) in [5.74, 6) is 0.641. The Morgan fingerprint density at radius 2 is 1.82 bits per heavy atom. The third kappa shape index (κ3) is 5.30. The number of rotatable bonds is 9. The van der Waals surface area contributed by atoms with Crippen molar-refractivity contribution in [3.05, 3.63) is 84.5 Å². The van der Waals surface area contributed by atoms with Crippen molar-refractivity contribution in [1.29, 1.82) is 0 Å². The quantitative estimate of drug-likeness (QED) is 0.365. The first-order valence-corrected chi connectivity index (χ1v) is 14.6. The van der Waals surface area contributed by atoms with Crippen LogP contribution in [0.1, 0.15) is 56.7 Å². The topological polar surface area (TPSA) is 82.4 Å². The minimum Gasteiger partial charge on any atom is -0.497 e. The zero-order valence-electron chi connectivity index (χ0n) is 23.4. The van der Waals surface area contributed by atoms with Crippen LogP contribution < -0.4 is 29.3 Å². The summed E-state index contributed by atoms with van der Waals surface area (Å²) in [6, 6.07) is 12.9. The summed E-state index contributed by atoms with van der Waals surface area (Å²) in [7, 11) is 3.15. The van der Waals surface area contributed by atoms with Gasteiger partial charge in [0.1, 0.15) is 17.5 Å². The second-order valence-corrected chi connectivity index (χ2v) is 10.8. The molecule has 0 radical (unpaired) electrons. The summed E-state index contributed by atoms with van der Waals surface area (Å²) in [4.78, 5) is 35.3. The van der Waals surface area contributed by atoms with Crippen molar-refractivity contribution in [2.75, 3.05) is 38.8 Å². The monoisotopic (exact) mass is 561 g/mol. The van der Waals surface area contributed by atoms with Gasteiger partial charge in [0.25, 0.3) is 5.56 Å². The van der Waals surface area contributed by atoms with Crippen molar-refractivity contribution < 1.29 is 19.0 Å². The molecule has 9 heteroatoms. The molecule has 3 aromatic rings. The van der Waals surface area contributed by atoms with Crippen LogP contribution in [-0.2, 0) is 9.53 Å². The third-order valence-electron chi connectivity index (χ3n) is 7.29. The smallest absolute Gasteiger partial charge is 0.338 e. The minimum atomic E-state index is -0.776. The minimum absolute atomic E-state index is 0.210. The Labute approximate surface area is 237 Å². The fourth-order valence-electron chi connectivity index (χ4n) is 5.38. The van der Waals surface area contributed by atoms with Crippen molar-refractivity contribution in [3.63, 3.8) is 0 Å². The lowest BCUT2D eigenvalue weighted by Crippen LogP contribution is -2.40. The van der Waals surface area contributed by atoms with Crippen LogP contribution in [0, 0.1) is 0 Å². The highest BCUT2D eigenvalue weighted by atomic mass is 32.1. The molecule has 210 valence electrons. The lowest BCUT2D eigenvalue weighted by molar-refractivity contribution is -0.139. The molecule has 0 bridgehead atoms. The Kier molecular flexibility index (Phi) is 8.40. The first-order chi connectivity index (χ1) is 19.5. The van der Waals surface area contributed by atoms with Crippen LogP contribution in [0.4, 0.5) is 5.69 Å². The van der Waals surface area contributed by atoms with Gasteiger partial charge in [0.2, 0.25) is 0 Å².